The summed E-state index contributed by atoms with van der Waals surface area (Å²) in [5.41, 5.74) is 7.83. The van der Waals surface area contributed by atoms with Gasteiger partial charge in [-0.2, -0.15) is 0 Å². The van der Waals surface area contributed by atoms with Gasteiger partial charge in [-0.05, 0) is 43.4 Å². The van der Waals surface area contributed by atoms with Gasteiger partial charge in [-0.3, -0.25) is 4.79 Å². The summed E-state index contributed by atoms with van der Waals surface area (Å²) in [6.45, 7) is 3.01. The Bertz CT molecular complexity index is 431. The smallest absolute Gasteiger partial charge is 0.223 e. The number of nitrogens with two attached hydrogens (primary N) is 1. The van der Waals surface area contributed by atoms with Crippen molar-refractivity contribution in [2.24, 2.45) is 0 Å². The predicted octanol–water partition coefficient (Wildman–Crippen LogP) is 3.51. The van der Waals surface area contributed by atoms with Gasteiger partial charge in [0.15, 0.2) is 0 Å². The van der Waals surface area contributed by atoms with Crippen LogP contribution in [0.3, 0.4) is 0 Å². The van der Waals surface area contributed by atoms with Gasteiger partial charge < -0.3 is 10.6 Å². The van der Waals surface area contributed by atoms with E-state index in [4.69, 9.17) is 5.73 Å². The van der Waals surface area contributed by atoms with Crippen molar-refractivity contribution in [1.82, 2.24) is 4.90 Å². The number of nitrogens with zero attached hydrogens (tertiary/aromatic N) is 1. The molecule has 0 saturated carbocycles. The van der Waals surface area contributed by atoms with Crippen molar-refractivity contribution in [2.75, 3.05) is 12.3 Å². The summed E-state index contributed by atoms with van der Waals surface area (Å²) in [6.07, 6.45) is 6.10. The average Bonchev–Trinajstić information content (AvgIpc) is 2.45. The summed E-state index contributed by atoms with van der Waals surface area (Å²) in [5.74, 6) is 0.300. The van der Waals surface area contributed by atoms with Crippen molar-refractivity contribution >= 4 is 11.6 Å². The van der Waals surface area contributed by atoms with Crippen molar-refractivity contribution in [3.8, 4) is 0 Å². The van der Waals surface area contributed by atoms with Crippen LogP contribution in [-0.4, -0.2) is 17.4 Å². The second-order valence-corrected chi connectivity index (χ2v) is 5.37. The second kappa shape index (κ2) is 6.60. The van der Waals surface area contributed by atoms with E-state index in [0.29, 0.717) is 12.3 Å². The molecule has 1 heterocycles. The van der Waals surface area contributed by atoms with Gasteiger partial charge in [0.05, 0.1) is 6.04 Å². The summed E-state index contributed by atoms with van der Waals surface area (Å²) < 4.78 is 0. The molecule has 0 aromatic heterocycles. The lowest BCUT2D eigenvalue weighted by Crippen LogP contribution is -2.38. The third-order valence-electron chi connectivity index (χ3n) is 3.86. The van der Waals surface area contributed by atoms with Gasteiger partial charge in [-0.25, -0.2) is 0 Å². The number of piperidine rings is 1. The number of likely N-dealkylation sites (tertiary alicyclic amines) is 1. The Kier molecular flexibility index (Phi) is 4.83. The minimum atomic E-state index is 0.224. The minimum Gasteiger partial charge on any atom is -0.399 e. The molecule has 1 unspecified atom stereocenters. The molecular formula is C16H24N2O. The van der Waals surface area contributed by atoms with Crippen LogP contribution >= 0.6 is 0 Å². The van der Waals surface area contributed by atoms with Gasteiger partial charge >= 0.3 is 0 Å². The van der Waals surface area contributed by atoms with Crippen molar-refractivity contribution in [1.29, 1.82) is 0 Å². The molecule has 19 heavy (non-hydrogen) atoms. The molecule has 3 heteroatoms. The van der Waals surface area contributed by atoms with Crippen LogP contribution in [-0.2, 0) is 4.79 Å². The van der Waals surface area contributed by atoms with Gasteiger partial charge in [0.2, 0.25) is 5.91 Å². The first-order valence-corrected chi connectivity index (χ1v) is 7.37. The Morgan fingerprint density at radius 2 is 2.26 bits per heavy atom. The SMILES string of the molecule is CCCCC(=O)N1CCCCC1c1cccc(N)c1. The van der Waals surface area contributed by atoms with Crippen LogP contribution in [0.5, 0.6) is 0 Å². The molecule has 1 aromatic rings. The van der Waals surface area contributed by atoms with Crippen molar-refractivity contribution in [2.45, 2.75) is 51.5 Å². The predicted molar refractivity (Wildman–Crippen MR) is 78.7 cm³/mol. The largest absolute Gasteiger partial charge is 0.399 e. The summed E-state index contributed by atoms with van der Waals surface area (Å²) >= 11 is 0. The van der Waals surface area contributed by atoms with E-state index in [1.807, 2.05) is 18.2 Å². The first-order valence-electron chi connectivity index (χ1n) is 7.37. The molecule has 1 amide bonds. The van der Waals surface area contributed by atoms with Crippen molar-refractivity contribution < 1.29 is 4.79 Å². The Hall–Kier alpha value is -1.51. The van der Waals surface area contributed by atoms with Crippen LogP contribution in [0.1, 0.15) is 57.1 Å². The molecule has 104 valence electrons. The Morgan fingerprint density at radius 1 is 1.42 bits per heavy atom. The average molecular weight is 260 g/mol. The molecule has 1 aliphatic heterocycles. The van der Waals surface area contributed by atoms with Crippen LogP contribution in [0, 0.1) is 0 Å². The van der Waals surface area contributed by atoms with E-state index in [1.165, 1.54) is 12.0 Å². The molecule has 2 N–H and O–H groups in total. The fourth-order valence-corrected chi connectivity index (χ4v) is 2.81. The molecule has 1 saturated heterocycles. The number of anilines is 1. The van der Waals surface area contributed by atoms with Crippen LogP contribution < -0.4 is 5.73 Å². The van der Waals surface area contributed by atoms with Crippen LogP contribution in [0.2, 0.25) is 0 Å². The molecule has 0 bridgehead atoms. The number of unbranched alkanes of at least 4 members (excludes halogenated alkanes) is 1. The molecule has 1 fully saturated rings. The Labute approximate surface area is 115 Å². The molecule has 0 spiro atoms. The van der Waals surface area contributed by atoms with E-state index in [1.54, 1.807) is 0 Å². The van der Waals surface area contributed by atoms with Crippen molar-refractivity contribution in [3.05, 3.63) is 29.8 Å². The fourth-order valence-electron chi connectivity index (χ4n) is 2.81. The Morgan fingerprint density at radius 3 is 3.00 bits per heavy atom. The van der Waals surface area contributed by atoms with E-state index < -0.39 is 0 Å². The highest BCUT2D eigenvalue weighted by molar-refractivity contribution is 5.76. The zero-order chi connectivity index (χ0) is 13.7. The van der Waals surface area contributed by atoms with Gasteiger partial charge in [0.25, 0.3) is 0 Å². The normalized spacial score (nSPS) is 19.4. The van der Waals surface area contributed by atoms with E-state index >= 15 is 0 Å². The maximum atomic E-state index is 12.3. The molecule has 1 atom stereocenters. The monoisotopic (exact) mass is 260 g/mol. The highest BCUT2D eigenvalue weighted by Crippen LogP contribution is 2.32. The topological polar surface area (TPSA) is 46.3 Å². The number of hydrogen-bond donors (Lipinski definition) is 1. The standard InChI is InChI=1S/C16H24N2O/c1-2-3-10-16(19)18-11-5-4-9-15(18)13-7-6-8-14(17)12-13/h6-8,12,15H,2-5,9-11,17H2,1H3. The number of benzene rings is 1. The van der Waals surface area contributed by atoms with E-state index in [2.05, 4.69) is 17.9 Å². The summed E-state index contributed by atoms with van der Waals surface area (Å²) in [6, 6.07) is 8.20. The third kappa shape index (κ3) is 3.49. The van der Waals surface area contributed by atoms with Crippen LogP contribution in [0.4, 0.5) is 5.69 Å². The number of carbonyl (C=O) groups is 1. The lowest BCUT2D eigenvalue weighted by Gasteiger charge is -2.36. The van der Waals surface area contributed by atoms with Gasteiger partial charge in [0.1, 0.15) is 0 Å². The quantitative estimate of drug-likeness (QED) is 0.842. The van der Waals surface area contributed by atoms with E-state index in [-0.39, 0.29) is 6.04 Å². The van der Waals surface area contributed by atoms with Crippen molar-refractivity contribution in [3.63, 3.8) is 0 Å². The van der Waals surface area contributed by atoms with Crippen LogP contribution in [0.15, 0.2) is 24.3 Å². The first kappa shape index (κ1) is 13.9. The lowest BCUT2D eigenvalue weighted by atomic mass is 9.94. The highest BCUT2D eigenvalue weighted by atomic mass is 16.2. The molecule has 0 radical (unpaired) electrons. The lowest BCUT2D eigenvalue weighted by molar-refractivity contribution is -0.135. The molecule has 0 aliphatic carbocycles. The first-order chi connectivity index (χ1) is 9.22. The fraction of sp³-hybridized carbons (Fsp3) is 0.562. The zero-order valence-corrected chi connectivity index (χ0v) is 11.8. The van der Waals surface area contributed by atoms with E-state index in [0.717, 1.165) is 37.9 Å². The number of nitrogen functional groups attached to an aromatic ring is 1. The molecular weight excluding hydrogens is 236 g/mol. The summed E-state index contributed by atoms with van der Waals surface area (Å²) in [7, 11) is 0. The summed E-state index contributed by atoms with van der Waals surface area (Å²) in [5, 5.41) is 0. The maximum Gasteiger partial charge on any atom is 0.223 e. The van der Waals surface area contributed by atoms with Gasteiger partial charge in [-0.1, -0.05) is 25.5 Å². The maximum absolute atomic E-state index is 12.3. The third-order valence-corrected chi connectivity index (χ3v) is 3.86. The number of amides is 1. The van der Waals surface area contributed by atoms with Crippen LogP contribution in [0.25, 0.3) is 0 Å². The number of rotatable bonds is 4. The molecule has 3 nitrogen and oxygen atoms in total. The number of hydrogen-bond acceptors (Lipinski definition) is 2. The second-order valence-electron chi connectivity index (χ2n) is 5.37. The zero-order valence-electron chi connectivity index (χ0n) is 11.8. The van der Waals surface area contributed by atoms with Gasteiger partial charge in [-0.15, -0.1) is 0 Å². The molecule has 1 aromatic carbocycles. The summed E-state index contributed by atoms with van der Waals surface area (Å²) in [4.78, 5) is 14.4. The number of carbonyl (C=O) groups excluding carboxylic acids is 1. The highest BCUT2D eigenvalue weighted by Gasteiger charge is 2.27. The van der Waals surface area contributed by atoms with E-state index in [9.17, 15) is 4.79 Å². The molecule has 2 rings (SSSR count). The molecule has 1 aliphatic rings. The van der Waals surface area contributed by atoms with Gasteiger partial charge in [0, 0.05) is 18.7 Å². The minimum absolute atomic E-state index is 0.224. The Balaban J connectivity index is 2.13.